The molecule has 0 aliphatic carbocycles. The predicted molar refractivity (Wildman–Crippen MR) is 85.9 cm³/mol. The van der Waals surface area contributed by atoms with Gasteiger partial charge in [-0.1, -0.05) is 0 Å². The number of nitrogens with zero attached hydrogens (tertiary/aromatic N) is 2. The van der Waals surface area contributed by atoms with E-state index in [0.717, 1.165) is 0 Å². The highest BCUT2D eigenvalue weighted by atomic mass is 16.5. The number of anilines is 2. The maximum absolute atomic E-state index is 10.8. The van der Waals surface area contributed by atoms with Crippen LogP contribution in [0, 0.1) is 0 Å². The molecule has 128 valence electrons. The van der Waals surface area contributed by atoms with Crippen molar-refractivity contribution in [3.05, 3.63) is 35.9 Å². The zero-order valence-electron chi connectivity index (χ0n) is 13.0. The fourth-order valence-corrected chi connectivity index (χ4v) is 1.72. The van der Waals surface area contributed by atoms with E-state index in [0.29, 0.717) is 5.75 Å². The number of carboxylic acid groups (broad SMARTS) is 1. The molecule has 2 aromatic heterocycles. The first-order valence-electron chi connectivity index (χ1n) is 6.41. The fourth-order valence-electron chi connectivity index (χ4n) is 1.72. The number of hydrogen-bond acceptors (Lipinski definition) is 8. The van der Waals surface area contributed by atoms with Crippen LogP contribution in [-0.2, 0) is 0 Å². The van der Waals surface area contributed by atoms with Crippen LogP contribution in [0.1, 0.15) is 20.7 Å². The van der Waals surface area contributed by atoms with Gasteiger partial charge < -0.3 is 31.8 Å². The molecule has 0 atom stereocenters. The molecule has 1 amide bonds. The Balaban J connectivity index is 0.000000240. The first kappa shape index (κ1) is 18.5. The first-order valence-corrected chi connectivity index (χ1v) is 6.41. The van der Waals surface area contributed by atoms with Crippen LogP contribution in [0.5, 0.6) is 11.5 Å². The van der Waals surface area contributed by atoms with Crippen LogP contribution in [0.3, 0.4) is 0 Å². The minimum Gasteiger partial charge on any atom is -0.494 e. The van der Waals surface area contributed by atoms with Crippen molar-refractivity contribution >= 4 is 23.3 Å². The van der Waals surface area contributed by atoms with Gasteiger partial charge in [-0.15, -0.1) is 0 Å². The van der Waals surface area contributed by atoms with E-state index in [4.69, 9.17) is 31.8 Å². The lowest BCUT2D eigenvalue weighted by atomic mass is 10.2. The van der Waals surface area contributed by atoms with Crippen LogP contribution in [0.25, 0.3) is 0 Å². The van der Waals surface area contributed by atoms with E-state index in [1.165, 1.54) is 39.0 Å². The second-order valence-electron chi connectivity index (χ2n) is 4.28. The summed E-state index contributed by atoms with van der Waals surface area (Å²) in [5.74, 6) is -1.27. The van der Waals surface area contributed by atoms with Gasteiger partial charge >= 0.3 is 5.97 Å². The van der Waals surface area contributed by atoms with Gasteiger partial charge in [-0.2, -0.15) is 0 Å². The van der Waals surface area contributed by atoms with Gasteiger partial charge in [0, 0.05) is 0 Å². The molecule has 10 nitrogen and oxygen atoms in total. The number of amides is 1. The van der Waals surface area contributed by atoms with E-state index < -0.39 is 11.9 Å². The lowest BCUT2D eigenvalue weighted by Crippen LogP contribution is -2.15. The minimum atomic E-state index is -1.12. The average Bonchev–Trinajstić information content (AvgIpc) is 2.54. The first-order chi connectivity index (χ1) is 11.3. The summed E-state index contributed by atoms with van der Waals surface area (Å²) in [5, 5.41) is 8.69. The van der Waals surface area contributed by atoms with E-state index in [2.05, 4.69) is 9.97 Å². The van der Waals surface area contributed by atoms with Crippen molar-refractivity contribution in [2.24, 2.45) is 5.73 Å². The topological polar surface area (TPSA) is 177 Å². The van der Waals surface area contributed by atoms with Crippen molar-refractivity contribution in [3.63, 3.8) is 0 Å². The van der Waals surface area contributed by atoms with E-state index in [-0.39, 0.29) is 28.3 Å². The molecule has 0 aliphatic heterocycles. The number of pyridine rings is 2. The lowest BCUT2D eigenvalue weighted by Gasteiger charge is -2.05. The van der Waals surface area contributed by atoms with Crippen LogP contribution >= 0.6 is 0 Å². The number of aromatic carboxylic acids is 1. The Hall–Kier alpha value is -3.56. The third-order valence-corrected chi connectivity index (χ3v) is 2.78. The molecule has 2 heterocycles. The van der Waals surface area contributed by atoms with Crippen LogP contribution in [0.15, 0.2) is 24.8 Å². The summed E-state index contributed by atoms with van der Waals surface area (Å²) >= 11 is 0. The molecular weight excluding hydrogens is 318 g/mol. The Morgan fingerprint density at radius 2 is 1.33 bits per heavy atom. The van der Waals surface area contributed by atoms with Crippen molar-refractivity contribution in [3.8, 4) is 11.5 Å². The lowest BCUT2D eigenvalue weighted by molar-refractivity contribution is 0.0694. The Bertz CT molecular complexity index is 687. The Kier molecular flexibility index (Phi) is 6.30. The Labute approximate surface area is 137 Å². The number of carbonyl (C=O) groups is 2. The molecule has 2 aromatic rings. The molecule has 0 aliphatic rings. The third kappa shape index (κ3) is 4.22. The highest BCUT2D eigenvalue weighted by molar-refractivity contribution is 6.00. The number of rotatable bonds is 4. The van der Waals surface area contributed by atoms with Crippen LogP contribution in [0.2, 0.25) is 0 Å². The summed E-state index contributed by atoms with van der Waals surface area (Å²) in [4.78, 5) is 28.9. The molecule has 0 saturated carbocycles. The van der Waals surface area contributed by atoms with Gasteiger partial charge in [0.2, 0.25) is 0 Å². The summed E-state index contributed by atoms with van der Waals surface area (Å²) in [6, 6.07) is 0. The quantitative estimate of drug-likeness (QED) is 0.605. The van der Waals surface area contributed by atoms with Crippen molar-refractivity contribution in [1.82, 2.24) is 9.97 Å². The van der Waals surface area contributed by atoms with Gasteiger partial charge in [0.05, 0.1) is 50.4 Å². The molecule has 0 saturated heterocycles. The summed E-state index contributed by atoms with van der Waals surface area (Å²) in [5.41, 5.74) is 16.3. The molecule has 7 N–H and O–H groups in total. The fraction of sp³-hybridized carbons (Fsp3) is 0.143. The van der Waals surface area contributed by atoms with Gasteiger partial charge in [-0.05, 0) is 0 Å². The molecule has 2 rings (SSSR count). The molecule has 0 aromatic carbocycles. The van der Waals surface area contributed by atoms with Gasteiger partial charge in [0.15, 0.2) is 11.5 Å². The predicted octanol–water partition coefficient (Wildman–Crippen LogP) is 0.142. The zero-order valence-corrected chi connectivity index (χ0v) is 13.0. The number of nitrogens with two attached hydrogens (primary N) is 3. The summed E-state index contributed by atoms with van der Waals surface area (Å²) in [7, 11) is 2.78. The van der Waals surface area contributed by atoms with E-state index in [1.807, 2.05) is 0 Å². The van der Waals surface area contributed by atoms with Crippen molar-refractivity contribution in [2.45, 2.75) is 0 Å². The smallest absolute Gasteiger partial charge is 0.341 e. The largest absolute Gasteiger partial charge is 0.494 e. The number of methoxy groups -OCH3 is 2. The maximum atomic E-state index is 10.8. The summed E-state index contributed by atoms with van der Waals surface area (Å²) in [6.45, 7) is 0. The molecular formula is C14H17N5O5. The molecule has 0 fully saturated rings. The number of aromatic nitrogens is 2. The maximum Gasteiger partial charge on any atom is 0.341 e. The number of hydrogen-bond donors (Lipinski definition) is 4. The van der Waals surface area contributed by atoms with Gasteiger partial charge in [0.1, 0.15) is 11.1 Å². The van der Waals surface area contributed by atoms with Crippen LogP contribution in [0.4, 0.5) is 11.4 Å². The zero-order chi connectivity index (χ0) is 18.3. The van der Waals surface area contributed by atoms with E-state index >= 15 is 0 Å². The SMILES string of the molecule is COc1cncc(N)c1C(=O)O.COc1cncc(N)c1C(N)=O. The molecule has 0 unspecified atom stereocenters. The molecule has 24 heavy (non-hydrogen) atoms. The van der Waals surface area contributed by atoms with Crippen molar-refractivity contribution < 1.29 is 24.2 Å². The second-order valence-corrected chi connectivity index (χ2v) is 4.28. The van der Waals surface area contributed by atoms with Gasteiger partial charge in [0.25, 0.3) is 5.91 Å². The summed E-state index contributed by atoms with van der Waals surface area (Å²) < 4.78 is 9.61. The number of nitrogen functional groups attached to an aromatic ring is 2. The van der Waals surface area contributed by atoms with Crippen LogP contribution in [-0.4, -0.2) is 41.2 Å². The monoisotopic (exact) mass is 335 g/mol. The van der Waals surface area contributed by atoms with Crippen molar-refractivity contribution in [2.75, 3.05) is 25.7 Å². The highest BCUT2D eigenvalue weighted by Crippen LogP contribution is 2.22. The average molecular weight is 335 g/mol. The van der Waals surface area contributed by atoms with Gasteiger partial charge in [-0.3, -0.25) is 14.8 Å². The highest BCUT2D eigenvalue weighted by Gasteiger charge is 2.14. The number of ether oxygens (including phenoxy) is 2. The second kappa shape index (κ2) is 8.17. The third-order valence-electron chi connectivity index (χ3n) is 2.78. The number of carbonyl (C=O) groups excluding carboxylic acids is 1. The molecule has 0 spiro atoms. The minimum absolute atomic E-state index is 0.0486. The molecule has 10 heteroatoms. The standard InChI is InChI=1S/C7H9N3O2.C7H8N2O3/c1-12-5-3-10-2-4(8)6(5)7(9)11;1-12-5-3-9-2-4(8)6(5)7(10)11/h2-3H,8H2,1H3,(H2,9,11);2-3H,8H2,1H3,(H,10,11). The van der Waals surface area contributed by atoms with Crippen LogP contribution < -0.4 is 26.7 Å². The van der Waals surface area contributed by atoms with Gasteiger partial charge in [-0.25, -0.2) is 4.79 Å². The Morgan fingerprint density at radius 3 is 1.62 bits per heavy atom. The van der Waals surface area contributed by atoms with E-state index in [1.54, 1.807) is 0 Å². The number of primary amides is 1. The van der Waals surface area contributed by atoms with Crippen molar-refractivity contribution in [1.29, 1.82) is 0 Å². The van der Waals surface area contributed by atoms with E-state index in [9.17, 15) is 9.59 Å². The molecule has 0 bridgehead atoms. The molecule has 0 radical (unpaired) electrons. The number of carboxylic acids is 1. The Morgan fingerprint density at radius 1 is 0.917 bits per heavy atom. The normalized spacial score (nSPS) is 9.42. The summed E-state index contributed by atoms with van der Waals surface area (Å²) in [6.07, 6.45) is 5.31.